The van der Waals surface area contributed by atoms with Crippen molar-refractivity contribution in [2.24, 2.45) is 7.05 Å². The third-order valence-electron chi connectivity index (χ3n) is 4.93. The number of ether oxygens (including phenoxy) is 1. The molecule has 0 radical (unpaired) electrons. The first kappa shape index (κ1) is 23.3. The molecule has 2 N–H and O–H groups in total. The molecule has 1 unspecified atom stereocenters. The normalized spacial score (nSPS) is 11.6. The Balaban J connectivity index is 1.55. The van der Waals surface area contributed by atoms with Gasteiger partial charge in [0.25, 0.3) is 5.91 Å². The van der Waals surface area contributed by atoms with Crippen LogP contribution in [-0.2, 0) is 18.3 Å². The topological polar surface area (TPSA) is 98.1 Å². The van der Waals surface area contributed by atoms with E-state index in [0.717, 1.165) is 12.1 Å². The molecule has 0 aliphatic rings. The fraction of sp³-hybridized carbons (Fsp3) is 0.304. The highest BCUT2D eigenvalue weighted by molar-refractivity contribution is 7.99. The number of aromatic nitrogens is 3. The van der Waals surface area contributed by atoms with E-state index in [1.165, 1.54) is 17.3 Å². The fourth-order valence-electron chi connectivity index (χ4n) is 3.07. The van der Waals surface area contributed by atoms with Crippen LogP contribution >= 0.6 is 11.8 Å². The van der Waals surface area contributed by atoms with Crippen LogP contribution in [0.4, 0.5) is 5.69 Å². The van der Waals surface area contributed by atoms with Crippen LogP contribution in [-0.4, -0.2) is 39.4 Å². The van der Waals surface area contributed by atoms with E-state index in [1.807, 2.05) is 38.2 Å². The molecule has 0 saturated carbocycles. The zero-order chi connectivity index (χ0) is 23.1. The second-order valence-corrected chi connectivity index (χ2v) is 8.15. The molecule has 9 heteroatoms. The Bertz CT molecular complexity index is 1060. The molecule has 32 heavy (non-hydrogen) atoms. The van der Waals surface area contributed by atoms with Crippen LogP contribution in [0.15, 0.2) is 53.7 Å². The molecule has 2 aromatic carbocycles. The number of thioether (sulfide) groups is 1. The minimum absolute atomic E-state index is 0.121. The Morgan fingerprint density at radius 3 is 2.41 bits per heavy atom. The molecule has 0 saturated heterocycles. The molecule has 0 aliphatic carbocycles. The number of hydrogen-bond acceptors (Lipinski definition) is 6. The maximum absolute atomic E-state index is 12.5. The molecular weight excluding hydrogens is 426 g/mol. The second-order valence-electron chi connectivity index (χ2n) is 7.21. The lowest BCUT2D eigenvalue weighted by Crippen LogP contribution is -2.28. The lowest BCUT2D eigenvalue weighted by molar-refractivity contribution is -0.113. The number of nitrogens with one attached hydrogen (secondary N) is 2. The van der Waals surface area contributed by atoms with Crippen LogP contribution in [0.5, 0.6) is 5.75 Å². The van der Waals surface area contributed by atoms with Gasteiger partial charge in [-0.3, -0.25) is 9.59 Å². The quantitative estimate of drug-likeness (QED) is 0.481. The zero-order valence-electron chi connectivity index (χ0n) is 18.6. The summed E-state index contributed by atoms with van der Waals surface area (Å²) in [5.74, 6) is 1.15. The lowest BCUT2D eigenvalue weighted by Gasteiger charge is -2.14. The van der Waals surface area contributed by atoms with Crippen LogP contribution < -0.4 is 15.4 Å². The molecule has 168 valence electrons. The van der Waals surface area contributed by atoms with E-state index < -0.39 is 0 Å². The molecule has 8 nitrogen and oxygen atoms in total. The first-order valence-corrected chi connectivity index (χ1v) is 11.3. The minimum Gasteiger partial charge on any atom is -0.497 e. The first-order valence-electron chi connectivity index (χ1n) is 10.3. The Kier molecular flexibility index (Phi) is 7.88. The summed E-state index contributed by atoms with van der Waals surface area (Å²) in [5, 5.41) is 14.8. The number of methoxy groups -OCH3 is 1. The molecule has 0 bridgehead atoms. The van der Waals surface area contributed by atoms with Gasteiger partial charge in [-0.2, -0.15) is 0 Å². The third-order valence-corrected chi connectivity index (χ3v) is 5.95. The van der Waals surface area contributed by atoms with E-state index in [2.05, 4.69) is 27.8 Å². The van der Waals surface area contributed by atoms with Crippen molar-refractivity contribution in [2.75, 3.05) is 18.2 Å². The summed E-state index contributed by atoms with van der Waals surface area (Å²) in [7, 11) is 3.39. The Morgan fingerprint density at radius 1 is 1.09 bits per heavy atom. The SMILES string of the molecule is CCc1ccc(NC(=O)CSc2nnc(C(C)NC(=O)c3ccc(OC)cc3)n2C)cc1. The van der Waals surface area contributed by atoms with Gasteiger partial charge < -0.3 is 19.9 Å². The fourth-order valence-corrected chi connectivity index (χ4v) is 3.78. The van der Waals surface area contributed by atoms with Crippen LogP contribution in [0.2, 0.25) is 0 Å². The number of anilines is 1. The maximum Gasteiger partial charge on any atom is 0.251 e. The predicted octanol–water partition coefficient (Wildman–Crippen LogP) is 3.61. The summed E-state index contributed by atoms with van der Waals surface area (Å²) < 4.78 is 6.90. The molecule has 1 atom stereocenters. The molecule has 0 aliphatic heterocycles. The smallest absolute Gasteiger partial charge is 0.251 e. The molecular formula is C23H27N5O3S. The molecule has 2 amide bonds. The number of benzene rings is 2. The van der Waals surface area contributed by atoms with Crippen LogP contribution in [0.1, 0.15) is 41.6 Å². The minimum atomic E-state index is -0.359. The molecule has 3 rings (SSSR count). The van der Waals surface area contributed by atoms with Gasteiger partial charge in [-0.25, -0.2) is 0 Å². The number of amides is 2. The summed E-state index contributed by atoms with van der Waals surface area (Å²) >= 11 is 1.29. The average Bonchev–Trinajstić information content (AvgIpc) is 3.18. The summed E-state index contributed by atoms with van der Waals surface area (Å²) in [6, 6.07) is 14.3. The number of rotatable bonds is 9. The Hall–Kier alpha value is -3.33. The third kappa shape index (κ3) is 5.88. The number of carbonyl (C=O) groups excluding carboxylic acids is 2. The summed E-state index contributed by atoms with van der Waals surface area (Å²) in [6.07, 6.45) is 0.956. The van der Waals surface area contributed by atoms with E-state index in [1.54, 1.807) is 35.9 Å². The van der Waals surface area contributed by atoms with Crippen LogP contribution in [0.3, 0.4) is 0 Å². The summed E-state index contributed by atoms with van der Waals surface area (Å²) in [5.41, 5.74) is 2.51. The van der Waals surface area contributed by atoms with Crippen molar-refractivity contribution in [3.63, 3.8) is 0 Å². The average molecular weight is 454 g/mol. The van der Waals surface area contributed by atoms with E-state index in [4.69, 9.17) is 4.74 Å². The van der Waals surface area contributed by atoms with Crippen LogP contribution in [0.25, 0.3) is 0 Å². The van der Waals surface area contributed by atoms with Gasteiger partial charge >= 0.3 is 0 Å². The second kappa shape index (κ2) is 10.8. The van der Waals surface area contributed by atoms with Crippen molar-refractivity contribution >= 4 is 29.3 Å². The molecule has 1 aromatic heterocycles. The van der Waals surface area contributed by atoms with Gasteiger partial charge in [0, 0.05) is 18.3 Å². The van der Waals surface area contributed by atoms with Gasteiger partial charge in [-0.1, -0.05) is 30.8 Å². The summed E-state index contributed by atoms with van der Waals surface area (Å²) in [6.45, 7) is 3.93. The Morgan fingerprint density at radius 2 is 1.78 bits per heavy atom. The summed E-state index contributed by atoms with van der Waals surface area (Å²) in [4.78, 5) is 24.8. The first-order chi connectivity index (χ1) is 15.4. The predicted molar refractivity (Wildman–Crippen MR) is 125 cm³/mol. The highest BCUT2D eigenvalue weighted by Gasteiger charge is 2.19. The van der Waals surface area contributed by atoms with Crippen molar-refractivity contribution in [2.45, 2.75) is 31.5 Å². The van der Waals surface area contributed by atoms with E-state index >= 15 is 0 Å². The number of aryl methyl sites for hydroxylation is 1. The molecule has 3 aromatic rings. The lowest BCUT2D eigenvalue weighted by atomic mass is 10.1. The van der Waals surface area contributed by atoms with E-state index in [-0.39, 0.29) is 23.6 Å². The monoisotopic (exact) mass is 453 g/mol. The van der Waals surface area contributed by atoms with Crippen LogP contribution in [0, 0.1) is 0 Å². The van der Waals surface area contributed by atoms with Gasteiger partial charge in [0.15, 0.2) is 11.0 Å². The highest BCUT2D eigenvalue weighted by atomic mass is 32.2. The largest absolute Gasteiger partial charge is 0.497 e. The Labute approximate surface area is 191 Å². The number of carbonyl (C=O) groups is 2. The van der Waals surface area contributed by atoms with E-state index in [0.29, 0.717) is 22.3 Å². The van der Waals surface area contributed by atoms with Crippen molar-refractivity contribution in [3.05, 3.63) is 65.5 Å². The number of hydrogen-bond donors (Lipinski definition) is 2. The standard InChI is InChI=1S/C23H27N5O3S/c1-5-16-6-10-18(11-7-16)25-20(29)14-32-23-27-26-21(28(23)3)15(2)24-22(30)17-8-12-19(31-4)13-9-17/h6-13,15H,5,14H2,1-4H3,(H,24,30)(H,25,29). The van der Waals surface area contributed by atoms with Crippen molar-refractivity contribution in [1.82, 2.24) is 20.1 Å². The van der Waals surface area contributed by atoms with E-state index in [9.17, 15) is 9.59 Å². The van der Waals surface area contributed by atoms with Gasteiger partial charge in [0.2, 0.25) is 5.91 Å². The number of nitrogens with zero attached hydrogens (tertiary/aromatic N) is 3. The maximum atomic E-state index is 12.5. The molecule has 1 heterocycles. The van der Waals surface area contributed by atoms with Crippen molar-refractivity contribution < 1.29 is 14.3 Å². The van der Waals surface area contributed by atoms with Gasteiger partial charge in [0.1, 0.15) is 5.75 Å². The van der Waals surface area contributed by atoms with Crippen molar-refractivity contribution in [3.8, 4) is 5.75 Å². The molecule has 0 spiro atoms. The highest BCUT2D eigenvalue weighted by Crippen LogP contribution is 2.20. The van der Waals surface area contributed by atoms with Gasteiger partial charge in [0.05, 0.1) is 18.9 Å². The zero-order valence-corrected chi connectivity index (χ0v) is 19.4. The van der Waals surface area contributed by atoms with Gasteiger partial charge in [-0.05, 0) is 55.3 Å². The molecule has 0 fully saturated rings. The van der Waals surface area contributed by atoms with Crippen molar-refractivity contribution in [1.29, 1.82) is 0 Å². The van der Waals surface area contributed by atoms with Gasteiger partial charge in [-0.15, -0.1) is 10.2 Å².